The molecule has 0 fully saturated rings. The molecule has 0 bridgehead atoms. The van der Waals surface area contributed by atoms with Gasteiger partial charge in [0.05, 0.1) is 0 Å². The van der Waals surface area contributed by atoms with E-state index < -0.39 is 0 Å². The second kappa shape index (κ2) is 7.83. The summed E-state index contributed by atoms with van der Waals surface area (Å²) in [6.07, 6.45) is 0. The van der Waals surface area contributed by atoms with Crippen LogP contribution in [0.4, 0.5) is 0 Å². The molecule has 7 aromatic carbocycles. The minimum Gasteiger partial charge on any atom is -0.0616 e. The molecule has 0 saturated heterocycles. The largest absolute Gasteiger partial charge is 0.0616 e. The first kappa shape index (κ1) is 18.6. The van der Waals surface area contributed by atoms with Gasteiger partial charge in [0.2, 0.25) is 0 Å². The lowest BCUT2D eigenvalue weighted by Crippen LogP contribution is -1.78. The third-order valence-corrected chi connectivity index (χ3v) is 6.18. The summed E-state index contributed by atoms with van der Waals surface area (Å²) in [4.78, 5) is 0. The molecule has 0 heteroatoms. The van der Waals surface area contributed by atoms with E-state index >= 15 is 0 Å². The van der Waals surface area contributed by atoms with Crippen LogP contribution in [0.5, 0.6) is 0 Å². The van der Waals surface area contributed by atoms with E-state index in [0.717, 1.165) is 0 Å². The average molecular weight is 407 g/mol. The van der Waals surface area contributed by atoms with Crippen LogP contribution in [0.3, 0.4) is 0 Å². The minimum atomic E-state index is 1.31. The summed E-state index contributed by atoms with van der Waals surface area (Å²) >= 11 is 0. The molecular formula is C32H22. The fourth-order valence-corrected chi connectivity index (χ4v) is 4.52. The van der Waals surface area contributed by atoms with E-state index in [1.54, 1.807) is 0 Å². The summed E-state index contributed by atoms with van der Waals surface area (Å²) in [5, 5.41) is 13.1. The van der Waals surface area contributed by atoms with E-state index in [0.29, 0.717) is 0 Å². The lowest BCUT2D eigenvalue weighted by Gasteiger charge is -2.04. The third kappa shape index (κ3) is 3.46. The molecule has 0 radical (unpaired) electrons. The van der Waals surface area contributed by atoms with Crippen LogP contribution in [0.2, 0.25) is 0 Å². The standard InChI is InChI=1S/C18H12.C14H10/c1-2-6-14-10-18-12-16-8-4-3-7-15(16)11-17(18)9-13(14)5-1;1-2-6-12-10-14-8-4-3-7-13(14)9-11(12)5-1/h1-12H;1-10H. The van der Waals surface area contributed by atoms with E-state index in [-0.39, 0.29) is 0 Å². The Hall–Kier alpha value is -4.16. The number of hydrogen-bond acceptors (Lipinski definition) is 0. The number of hydrogen-bond donors (Lipinski definition) is 0. The summed E-state index contributed by atoms with van der Waals surface area (Å²) < 4.78 is 0. The van der Waals surface area contributed by atoms with E-state index in [1.165, 1.54) is 53.9 Å². The van der Waals surface area contributed by atoms with Gasteiger partial charge in [-0.15, -0.1) is 0 Å². The molecule has 0 atom stereocenters. The molecule has 0 amide bonds. The van der Waals surface area contributed by atoms with Crippen molar-refractivity contribution < 1.29 is 0 Å². The summed E-state index contributed by atoms with van der Waals surface area (Å²) in [6.45, 7) is 0. The predicted octanol–water partition coefficient (Wildman–Crippen LogP) is 9.14. The molecule has 0 saturated carbocycles. The molecule has 0 heterocycles. The Bertz CT molecular complexity index is 1470. The van der Waals surface area contributed by atoms with Gasteiger partial charge in [-0.1, -0.05) is 97.1 Å². The zero-order valence-corrected chi connectivity index (χ0v) is 17.7. The molecule has 150 valence electrons. The van der Waals surface area contributed by atoms with Crippen molar-refractivity contribution in [3.8, 4) is 0 Å². The summed E-state index contributed by atoms with van der Waals surface area (Å²) in [6, 6.07) is 47.6. The van der Waals surface area contributed by atoms with Gasteiger partial charge in [0.25, 0.3) is 0 Å². The normalized spacial score (nSPS) is 11.1. The van der Waals surface area contributed by atoms with Gasteiger partial charge in [-0.3, -0.25) is 0 Å². The maximum atomic E-state index is 2.27. The maximum absolute atomic E-state index is 2.27. The van der Waals surface area contributed by atoms with Crippen LogP contribution in [0.15, 0.2) is 133 Å². The lowest BCUT2D eigenvalue weighted by atomic mass is 10.00. The summed E-state index contributed by atoms with van der Waals surface area (Å²) in [7, 11) is 0. The van der Waals surface area contributed by atoms with Crippen molar-refractivity contribution >= 4 is 53.9 Å². The Morgan fingerprint density at radius 3 is 0.531 bits per heavy atom. The van der Waals surface area contributed by atoms with Crippen LogP contribution < -0.4 is 0 Å². The summed E-state index contributed by atoms with van der Waals surface area (Å²) in [5.41, 5.74) is 0. The van der Waals surface area contributed by atoms with Gasteiger partial charge in [0.1, 0.15) is 0 Å². The van der Waals surface area contributed by atoms with Gasteiger partial charge in [0.15, 0.2) is 0 Å². The maximum Gasteiger partial charge on any atom is -0.0171 e. The second-order valence-electron chi connectivity index (χ2n) is 8.29. The van der Waals surface area contributed by atoms with Crippen LogP contribution in [0.1, 0.15) is 0 Å². The van der Waals surface area contributed by atoms with Gasteiger partial charge in [-0.25, -0.2) is 0 Å². The van der Waals surface area contributed by atoms with Crippen LogP contribution in [0.25, 0.3) is 53.9 Å². The first-order chi connectivity index (χ1) is 15.8. The van der Waals surface area contributed by atoms with Crippen molar-refractivity contribution in [2.45, 2.75) is 0 Å². The minimum absolute atomic E-state index is 1.31. The monoisotopic (exact) mass is 406 g/mol. The van der Waals surface area contributed by atoms with Crippen LogP contribution in [0, 0.1) is 0 Å². The van der Waals surface area contributed by atoms with Gasteiger partial charge in [0, 0.05) is 0 Å². The highest BCUT2D eigenvalue weighted by Gasteiger charge is 2.00. The van der Waals surface area contributed by atoms with Crippen molar-refractivity contribution in [2.24, 2.45) is 0 Å². The SMILES string of the molecule is c1ccc2cc3cc4ccccc4cc3cc2c1.c1ccc2cc3ccccc3cc2c1. The van der Waals surface area contributed by atoms with E-state index in [2.05, 4.69) is 133 Å². The average Bonchev–Trinajstić information content (AvgIpc) is 2.85. The number of rotatable bonds is 0. The van der Waals surface area contributed by atoms with Crippen molar-refractivity contribution in [2.75, 3.05) is 0 Å². The molecule has 0 aromatic heterocycles. The molecule has 0 aliphatic rings. The Morgan fingerprint density at radius 1 is 0.188 bits per heavy atom. The van der Waals surface area contributed by atoms with Crippen molar-refractivity contribution in [3.63, 3.8) is 0 Å². The van der Waals surface area contributed by atoms with E-state index in [1.807, 2.05) is 0 Å². The number of fused-ring (bicyclic) bond motifs is 5. The smallest absolute Gasteiger partial charge is 0.0171 e. The predicted molar refractivity (Wildman–Crippen MR) is 140 cm³/mol. The Labute approximate surface area is 187 Å². The fourth-order valence-electron chi connectivity index (χ4n) is 4.52. The molecule has 7 rings (SSSR count). The van der Waals surface area contributed by atoms with Crippen molar-refractivity contribution in [1.82, 2.24) is 0 Å². The first-order valence-corrected chi connectivity index (χ1v) is 11.0. The molecule has 7 aromatic rings. The Balaban J connectivity index is 0.000000126. The summed E-state index contributed by atoms with van der Waals surface area (Å²) in [5.74, 6) is 0. The Kier molecular flexibility index (Phi) is 4.55. The molecule has 0 unspecified atom stereocenters. The molecule has 0 nitrogen and oxygen atoms in total. The first-order valence-electron chi connectivity index (χ1n) is 11.0. The molecule has 0 aliphatic heterocycles. The highest BCUT2D eigenvalue weighted by atomic mass is 14.0. The van der Waals surface area contributed by atoms with Crippen LogP contribution in [-0.2, 0) is 0 Å². The van der Waals surface area contributed by atoms with Crippen LogP contribution in [-0.4, -0.2) is 0 Å². The molecule has 0 spiro atoms. The van der Waals surface area contributed by atoms with Crippen molar-refractivity contribution in [3.05, 3.63) is 133 Å². The zero-order chi connectivity index (χ0) is 21.3. The highest BCUT2D eigenvalue weighted by molar-refractivity contribution is 6.04. The van der Waals surface area contributed by atoms with Crippen LogP contribution >= 0.6 is 0 Å². The Morgan fingerprint density at radius 2 is 0.344 bits per heavy atom. The molecular weight excluding hydrogens is 384 g/mol. The third-order valence-electron chi connectivity index (χ3n) is 6.18. The topological polar surface area (TPSA) is 0 Å². The van der Waals surface area contributed by atoms with Gasteiger partial charge < -0.3 is 0 Å². The fraction of sp³-hybridized carbons (Fsp3) is 0. The van der Waals surface area contributed by atoms with Gasteiger partial charge in [-0.05, 0) is 90.3 Å². The van der Waals surface area contributed by atoms with Gasteiger partial charge in [-0.2, -0.15) is 0 Å². The van der Waals surface area contributed by atoms with E-state index in [4.69, 9.17) is 0 Å². The lowest BCUT2D eigenvalue weighted by molar-refractivity contribution is 1.76. The van der Waals surface area contributed by atoms with E-state index in [9.17, 15) is 0 Å². The second-order valence-corrected chi connectivity index (χ2v) is 8.29. The van der Waals surface area contributed by atoms with Crippen molar-refractivity contribution in [1.29, 1.82) is 0 Å². The molecule has 0 aliphatic carbocycles. The molecule has 0 N–H and O–H groups in total. The highest BCUT2D eigenvalue weighted by Crippen LogP contribution is 2.27. The van der Waals surface area contributed by atoms with Gasteiger partial charge >= 0.3 is 0 Å². The number of benzene rings is 7. The quantitative estimate of drug-likeness (QED) is 0.220. The molecule has 32 heavy (non-hydrogen) atoms. The zero-order valence-electron chi connectivity index (χ0n) is 17.7.